The summed E-state index contributed by atoms with van der Waals surface area (Å²) in [5, 5.41) is 7.52. The Morgan fingerprint density at radius 1 is 0.926 bits per heavy atom. The van der Waals surface area contributed by atoms with Crippen LogP contribution in [0.2, 0.25) is 32.2 Å². The lowest BCUT2D eigenvalue weighted by molar-refractivity contribution is -0.119. The van der Waals surface area contributed by atoms with Gasteiger partial charge in [0.1, 0.15) is 8.07 Å². The van der Waals surface area contributed by atoms with Crippen molar-refractivity contribution in [2.24, 2.45) is 0 Å². The quantitative estimate of drug-likeness (QED) is 0.699. The van der Waals surface area contributed by atoms with E-state index in [9.17, 15) is 4.79 Å². The Labute approximate surface area is 166 Å². The summed E-state index contributed by atoms with van der Waals surface area (Å²) in [6.45, 7) is 13.4. The van der Waals surface area contributed by atoms with Crippen LogP contribution in [-0.4, -0.2) is 28.1 Å². The average Bonchev–Trinajstić information content (AvgIpc) is 2.62. The van der Waals surface area contributed by atoms with Crippen molar-refractivity contribution in [3.05, 3.63) is 71.9 Å². The fraction of sp³-hybridized carbons (Fsp3) is 0.348. The first-order valence-corrected chi connectivity index (χ1v) is 15.9. The highest BCUT2D eigenvalue weighted by Crippen LogP contribution is 2.26. The summed E-state index contributed by atoms with van der Waals surface area (Å²) in [6.07, 6.45) is 2.33. The van der Waals surface area contributed by atoms with E-state index in [-0.39, 0.29) is 11.9 Å². The summed E-state index contributed by atoms with van der Waals surface area (Å²) in [7, 11) is -3.46. The molecule has 0 saturated carbocycles. The Morgan fingerprint density at radius 2 is 1.41 bits per heavy atom. The van der Waals surface area contributed by atoms with Gasteiger partial charge in [-0.1, -0.05) is 108 Å². The van der Waals surface area contributed by atoms with Crippen molar-refractivity contribution in [2.75, 3.05) is 0 Å². The SMILES string of the molecule is CC(=O)N[C@H](C)C=C(C[Si](C)(C)c1ccccc1)[Si](C)(C)c1ccccc1. The maximum Gasteiger partial charge on any atom is 0.217 e. The van der Waals surface area contributed by atoms with Crippen LogP contribution in [0.5, 0.6) is 0 Å². The summed E-state index contributed by atoms with van der Waals surface area (Å²) in [5.74, 6) is 0.0249. The number of nitrogens with one attached hydrogen (secondary N) is 1. The number of benzene rings is 2. The lowest BCUT2D eigenvalue weighted by atomic mass is 10.3. The van der Waals surface area contributed by atoms with Gasteiger partial charge in [-0.3, -0.25) is 4.79 Å². The Hall–Kier alpha value is -1.92. The predicted molar refractivity (Wildman–Crippen MR) is 123 cm³/mol. The van der Waals surface area contributed by atoms with E-state index in [2.05, 4.69) is 105 Å². The zero-order chi connectivity index (χ0) is 20.1. The van der Waals surface area contributed by atoms with Crippen molar-refractivity contribution in [1.82, 2.24) is 5.32 Å². The van der Waals surface area contributed by atoms with Crippen LogP contribution in [0, 0.1) is 0 Å². The third-order valence-corrected chi connectivity index (χ3v) is 12.6. The molecule has 0 fully saturated rings. The number of carbonyl (C=O) groups is 1. The molecule has 27 heavy (non-hydrogen) atoms. The summed E-state index contributed by atoms with van der Waals surface area (Å²) in [5.41, 5.74) is 0. The molecule has 1 amide bonds. The Balaban J connectivity index is 2.44. The second kappa shape index (κ2) is 8.85. The number of amides is 1. The van der Waals surface area contributed by atoms with Gasteiger partial charge in [-0.25, -0.2) is 0 Å². The van der Waals surface area contributed by atoms with E-state index in [0.29, 0.717) is 0 Å². The molecule has 0 heterocycles. The van der Waals surface area contributed by atoms with Crippen molar-refractivity contribution in [2.45, 2.75) is 52.1 Å². The number of carbonyl (C=O) groups excluding carboxylic acids is 1. The van der Waals surface area contributed by atoms with Crippen LogP contribution in [0.15, 0.2) is 71.9 Å². The van der Waals surface area contributed by atoms with Gasteiger partial charge in [-0.05, 0) is 13.0 Å². The molecule has 1 atom stereocenters. The van der Waals surface area contributed by atoms with Gasteiger partial charge < -0.3 is 5.32 Å². The van der Waals surface area contributed by atoms with Crippen molar-refractivity contribution in [1.29, 1.82) is 0 Å². The fourth-order valence-corrected chi connectivity index (χ4v) is 11.2. The summed E-state index contributed by atoms with van der Waals surface area (Å²) < 4.78 is 0. The smallest absolute Gasteiger partial charge is 0.217 e. The number of hydrogen-bond donors (Lipinski definition) is 1. The maximum absolute atomic E-state index is 11.5. The zero-order valence-electron chi connectivity index (χ0n) is 17.5. The molecule has 4 heteroatoms. The van der Waals surface area contributed by atoms with E-state index in [1.807, 2.05) is 0 Å². The van der Waals surface area contributed by atoms with Gasteiger partial charge >= 0.3 is 0 Å². The van der Waals surface area contributed by atoms with E-state index in [0.717, 1.165) is 6.04 Å². The molecule has 0 aliphatic rings. The second-order valence-electron chi connectivity index (χ2n) is 8.60. The van der Waals surface area contributed by atoms with Gasteiger partial charge in [0.25, 0.3) is 0 Å². The van der Waals surface area contributed by atoms with Crippen molar-refractivity contribution in [3.63, 3.8) is 0 Å². The average molecular weight is 396 g/mol. The fourth-order valence-electron chi connectivity index (χ4n) is 3.66. The van der Waals surface area contributed by atoms with Crippen LogP contribution in [0.4, 0.5) is 0 Å². The van der Waals surface area contributed by atoms with Crippen LogP contribution in [0.25, 0.3) is 0 Å². The van der Waals surface area contributed by atoms with E-state index in [1.165, 1.54) is 15.6 Å². The van der Waals surface area contributed by atoms with Gasteiger partial charge in [0.15, 0.2) is 0 Å². The van der Waals surface area contributed by atoms with Crippen molar-refractivity contribution >= 4 is 32.4 Å². The lowest BCUT2D eigenvalue weighted by Gasteiger charge is -2.34. The van der Waals surface area contributed by atoms with Crippen LogP contribution in [-0.2, 0) is 4.79 Å². The van der Waals surface area contributed by atoms with Crippen LogP contribution >= 0.6 is 0 Å². The number of allylic oxidation sites excluding steroid dienone is 1. The highest BCUT2D eigenvalue weighted by molar-refractivity contribution is 6.99. The second-order valence-corrected chi connectivity index (χ2v) is 17.8. The van der Waals surface area contributed by atoms with Crippen LogP contribution in [0.1, 0.15) is 13.8 Å². The largest absolute Gasteiger partial charge is 0.350 e. The van der Waals surface area contributed by atoms with Gasteiger partial charge in [0.2, 0.25) is 5.91 Å². The molecule has 2 rings (SSSR count). The molecular weight excluding hydrogens is 362 g/mol. The number of rotatable bonds is 7. The molecule has 144 valence electrons. The topological polar surface area (TPSA) is 29.1 Å². The van der Waals surface area contributed by atoms with Crippen molar-refractivity contribution in [3.8, 4) is 0 Å². The van der Waals surface area contributed by atoms with Crippen molar-refractivity contribution < 1.29 is 4.79 Å². The van der Waals surface area contributed by atoms with E-state index < -0.39 is 16.1 Å². The van der Waals surface area contributed by atoms with Gasteiger partial charge in [0, 0.05) is 13.0 Å². The first-order valence-electron chi connectivity index (χ1n) is 9.72. The zero-order valence-corrected chi connectivity index (χ0v) is 19.5. The van der Waals surface area contributed by atoms with Crippen LogP contribution < -0.4 is 15.7 Å². The highest BCUT2D eigenvalue weighted by Gasteiger charge is 2.34. The number of hydrogen-bond acceptors (Lipinski definition) is 1. The summed E-state index contributed by atoms with van der Waals surface area (Å²) >= 11 is 0. The first kappa shape index (κ1) is 21.4. The standard InChI is InChI=1S/C23H33NOSi2/c1-19(24-20(2)25)17-23(27(5,6)22-15-11-8-12-16-22)18-26(3,4)21-13-9-7-10-14-21/h7-17,19H,18H2,1-6H3,(H,24,25)/t19-/m1/s1. The van der Waals surface area contributed by atoms with Gasteiger partial charge in [0.05, 0.1) is 8.07 Å². The Morgan fingerprint density at radius 3 is 1.89 bits per heavy atom. The van der Waals surface area contributed by atoms with E-state index in [1.54, 1.807) is 6.92 Å². The lowest BCUT2D eigenvalue weighted by Crippen LogP contribution is -2.50. The molecule has 2 aromatic carbocycles. The molecular formula is C23H33NOSi2. The molecule has 0 aliphatic heterocycles. The molecule has 0 aromatic heterocycles. The summed E-state index contributed by atoms with van der Waals surface area (Å²) in [6, 6.07) is 23.0. The minimum Gasteiger partial charge on any atom is -0.350 e. The highest BCUT2D eigenvalue weighted by atomic mass is 28.3. The molecule has 2 aromatic rings. The molecule has 0 radical (unpaired) electrons. The maximum atomic E-state index is 11.5. The normalized spacial score (nSPS) is 13.9. The third kappa shape index (κ3) is 5.78. The molecule has 0 saturated heterocycles. The van der Waals surface area contributed by atoms with Gasteiger partial charge in [-0.15, -0.1) is 0 Å². The van der Waals surface area contributed by atoms with Gasteiger partial charge in [-0.2, -0.15) is 0 Å². The molecule has 0 spiro atoms. The molecule has 1 N–H and O–H groups in total. The Bertz CT molecular complexity index is 783. The monoisotopic (exact) mass is 395 g/mol. The Kier molecular flexibility index (Phi) is 7.01. The first-order chi connectivity index (χ1) is 12.6. The third-order valence-electron chi connectivity index (χ3n) is 5.37. The molecule has 0 unspecified atom stereocenters. The molecule has 0 bridgehead atoms. The summed E-state index contributed by atoms with van der Waals surface area (Å²) in [4.78, 5) is 11.5. The van der Waals surface area contributed by atoms with E-state index in [4.69, 9.17) is 0 Å². The molecule has 2 nitrogen and oxygen atoms in total. The molecule has 0 aliphatic carbocycles. The minimum atomic E-state index is -1.82. The minimum absolute atomic E-state index is 0.0249. The van der Waals surface area contributed by atoms with E-state index >= 15 is 0 Å². The predicted octanol–water partition coefficient (Wildman–Crippen LogP) is 4.21. The van der Waals surface area contributed by atoms with Crippen LogP contribution in [0.3, 0.4) is 0 Å².